The molecule has 4 rings (SSSR count). The lowest BCUT2D eigenvalue weighted by Crippen LogP contribution is -2.49. The van der Waals surface area contributed by atoms with Gasteiger partial charge in [-0.3, -0.25) is 14.7 Å². The van der Waals surface area contributed by atoms with Crippen LogP contribution in [0.1, 0.15) is 18.9 Å². The average molecular weight is 452 g/mol. The summed E-state index contributed by atoms with van der Waals surface area (Å²) in [7, 11) is 0. The third-order valence-electron chi connectivity index (χ3n) is 6.06. The second-order valence-corrected chi connectivity index (χ2v) is 8.48. The molecule has 0 atom stereocenters. The zero-order valence-corrected chi connectivity index (χ0v) is 19.5. The van der Waals surface area contributed by atoms with Gasteiger partial charge in [-0.15, -0.1) is 0 Å². The third kappa shape index (κ3) is 5.40. The normalized spacial score (nSPS) is 14.8. The van der Waals surface area contributed by atoms with Crippen molar-refractivity contribution >= 4 is 16.9 Å². The molecule has 8 heteroatoms. The van der Waals surface area contributed by atoms with Crippen LogP contribution in [-0.4, -0.2) is 77.1 Å². The molecule has 0 bridgehead atoms. The van der Waals surface area contributed by atoms with Gasteiger partial charge in [0.25, 0.3) is 5.56 Å². The Labute approximate surface area is 194 Å². The molecule has 1 aliphatic heterocycles. The smallest absolute Gasteiger partial charge is 0.294 e. The molecule has 176 valence electrons. The van der Waals surface area contributed by atoms with E-state index in [1.54, 1.807) is 10.8 Å². The maximum atomic E-state index is 13.6. The molecular weight excluding hydrogens is 418 g/mol. The highest BCUT2D eigenvalue weighted by molar-refractivity contribution is 5.80. The fourth-order valence-corrected chi connectivity index (χ4v) is 4.17. The second-order valence-electron chi connectivity index (χ2n) is 8.48. The number of anilines is 1. The van der Waals surface area contributed by atoms with E-state index in [-0.39, 0.29) is 12.2 Å². The van der Waals surface area contributed by atoms with E-state index in [9.17, 15) is 9.90 Å². The molecule has 3 heterocycles. The second kappa shape index (κ2) is 10.9. The van der Waals surface area contributed by atoms with E-state index >= 15 is 0 Å². The van der Waals surface area contributed by atoms with Crippen LogP contribution >= 0.6 is 0 Å². The van der Waals surface area contributed by atoms with E-state index in [4.69, 9.17) is 9.72 Å². The Bertz CT molecular complexity index is 1120. The van der Waals surface area contributed by atoms with E-state index in [0.29, 0.717) is 50.7 Å². The van der Waals surface area contributed by atoms with Gasteiger partial charge in [0.1, 0.15) is 5.52 Å². The molecule has 33 heavy (non-hydrogen) atoms. The van der Waals surface area contributed by atoms with Gasteiger partial charge in [-0.25, -0.2) is 4.98 Å². The molecule has 1 N–H and O–H groups in total. The number of β-amino-alcohol motifs (C(OH)–C–C–N with tert-alkyl or cyclic N) is 1. The number of nitrogens with zero attached hydrogens (tertiary/aromatic N) is 5. The van der Waals surface area contributed by atoms with Crippen molar-refractivity contribution in [2.24, 2.45) is 0 Å². The Morgan fingerprint density at radius 3 is 2.52 bits per heavy atom. The van der Waals surface area contributed by atoms with Gasteiger partial charge in [0.2, 0.25) is 0 Å². The van der Waals surface area contributed by atoms with Gasteiger partial charge in [-0.05, 0) is 19.4 Å². The van der Waals surface area contributed by atoms with Crippen molar-refractivity contribution in [2.75, 3.05) is 57.4 Å². The Balaban J connectivity index is 1.71. The van der Waals surface area contributed by atoms with Crippen molar-refractivity contribution < 1.29 is 9.84 Å². The van der Waals surface area contributed by atoms with Crippen LogP contribution in [0, 0.1) is 6.92 Å². The van der Waals surface area contributed by atoms with E-state index < -0.39 is 0 Å². The van der Waals surface area contributed by atoms with Crippen LogP contribution in [0.2, 0.25) is 0 Å². The van der Waals surface area contributed by atoms with Crippen LogP contribution in [0.4, 0.5) is 5.82 Å². The van der Waals surface area contributed by atoms with Gasteiger partial charge in [-0.2, -0.15) is 0 Å². The molecule has 3 aromatic rings. The molecule has 0 radical (unpaired) electrons. The van der Waals surface area contributed by atoms with Crippen molar-refractivity contribution in [3.63, 3.8) is 0 Å². The maximum absolute atomic E-state index is 13.6. The Kier molecular flexibility index (Phi) is 7.69. The highest BCUT2D eigenvalue weighted by Crippen LogP contribution is 2.23. The van der Waals surface area contributed by atoms with Crippen molar-refractivity contribution in [1.82, 2.24) is 19.4 Å². The molecule has 1 saturated heterocycles. The predicted octanol–water partition coefficient (Wildman–Crippen LogP) is 2.31. The number of ether oxygens (including phenoxy) is 1. The standard InChI is InChI=1S/C25H33N5O3/c1-3-15-33-16-13-30-23-17-21(20-6-4-19(2)5-7-20)26-18-22(23)27-24(25(30)32)29-10-8-28(9-11-29)12-14-31/h4-7,17-18,31H,3,8-16H2,1-2H3. The molecular formula is C25H33N5O3. The molecule has 8 nitrogen and oxygen atoms in total. The quantitative estimate of drug-likeness (QED) is 0.500. The van der Waals surface area contributed by atoms with Crippen molar-refractivity contribution in [3.8, 4) is 11.3 Å². The summed E-state index contributed by atoms with van der Waals surface area (Å²) in [5, 5.41) is 9.20. The number of benzene rings is 1. The van der Waals surface area contributed by atoms with Crippen LogP contribution < -0.4 is 10.5 Å². The maximum Gasteiger partial charge on any atom is 0.294 e. The molecule has 1 aliphatic rings. The largest absolute Gasteiger partial charge is 0.395 e. The van der Waals surface area contributed by atoms with Crippen molar-refractivity contribution in [3.05, 3.63) is 52.4 Å². The number of aromatic nitrogens is 3. The fourth-order valence-electron chi connectivity index (χ4n) is 4.17. The molecule has 0 amide bonds. The summed E-state index contributed by atoms with van der Waals surface area (Å²) >= 11 is 0. The first-order chi connectivity index (χ1) is 16.1. The average Bonchev–Trinajstić information content (AvgIpc) is 2.84. The van der Waals surface area contributed by atoms with Crippen molar-refractivity contribution in [2.45, 2.75) is 26.8 Å². The summed E-state index contributed by atoms with van der Waals surface area (Å²) in [5.74, 6) is 0.464. The van der Waals surface area contributed by atoms with Crippen LogP contribution in [0.3, 0.4) is 0 Å². The molecule has 0 unspecified atom stereocenters. The highest BCUT2D eigenvalue weighted by atomic mass is 16.5. The van der Waals surface area contributed by atoms with Crippen LogP contribution in [-0.2, 0) is 11.3 Å². The van der Waals surface area contributed by atoms with Gasteiger partial charge in [-0.1, -0.05) is 36.8 Å². The number of pyridine rings is 1. The topological polar surface area (TPSA) is 83.7 Å². The molecule has 0 aliphatic carbocycles. The Hall–Kier alpha value is -2.81. The van der Waals surface area contributed by atoms with E-state index in [1.807, 2.05) is 23.1 Å². The first kappa shape index (κ1) is 23.4. The molecule has 1 fully saturated rings. The number of hydrogen-bond donors (Lipinski definition) is 1. The monoisotopic (exact) mass is 451 g/mol. The summed E-state index contributed by atoms with van der Waals surface area (Å²) in [6, 6.07) is 10.2. The van der Waals surface area contributed by atoms with Gasteiger partial charge in [0.15, 0.2) is 5.82 Å². The molecule has 1 aromatic carbocycles. The zero-order chi connectivity index (χ0) is 23.2. The summed E-state index contributed by atoms with van der Waals surface area (Å²) in [4.78, 5) is 27.2. The minimum absolute atomic E-state index is 0.0979. The molecule has 2 aromatic heterocycles. The van der Waals surface area contributed by atoms with Gasteiger partial charge in [0, 0.05) is 51.4 Å². The minimum atomic E-state index is -0.0979. The van der Waals surface area contributed by atoms with Crippen LogP contribution in [0.5, 0.6) is 0 Å². The number of aliphatic hydroxyl groups excluding tert-OH is 1. The molecule has 0 spiro atoms. The number of piperazine rings is 1. The zero-order valence-electron chi connectivity index (χ0n) is 19.5. The summed E-state index contributed by atoms with van der Waals surface area (Å²) in [6.07, 6.45) is 2.70. The van der Waals surface area contributed by atoms with Gasteiger partial charge >= 0.3 is 0 Å². The number of rotatable bonds is 9. The first-order valence-corrected chi connectivity index (χ1v) is 11.7. The van der Waals surface area contributed by atoms with E-state index in [2.05, 4.69) is 35.9 Å². The fraction of sp³-hybridized carbons (Fsp3) is 0.480. The van der Waals surface area contributed by atoms with E-state index in [1.165, 1.54) is 5.56 Å². The number of aliphatic hydroxyl groups is 1. The number of aryl methyl sites for hydroxylation is 1. The summed E-state index contributed by atoms with van der Waals surface area (Å²) in [6.45, 7) is 9.54. The number of fused-ring (bicyclic) bond motifs is 1. The Morgan fingerprint density at radius 1 is 1.06 bits per heavy atom. The van der Waals surface area contributed by atoms with Crippen LogP contribution in [0.25, 0.3) is 22.3 Å². The van der Waals surface area contributed by atoms with Gasteiger partial charge < -0.3 is 19.3 Å². The lowest BCUT2D eigenvalue weighted by molar-refractivity contribution is 0.127. The highest BCUT2D eigenvalue weighted by Gasteiger charge is 2.22. The first-order valence-electron chi connectivity index (χ1n) is 11.7. The van der Waals surface area contributed by atoms with Gasteiger partial charge in [0.05, 0.1) is 30.6 Å². The van der Waals surface area contributed by atoms with Crippen LogP contribution in [0.15, 0.2) is 41.3 Å². The summed E-state index contributed by atoms with van der Waals surface area (Å²) in [5.41, 5.74) is 4.39. The Morgan fingerprint density at radius 2 is 1.82 bits per heavy atom. The predicted molar refractivity (Wildman–Crippen MR) is 131 cm³/mol. The van der Waals surface area contributed by atoms with E-state index in [0.717, 1.165) is 36.3 Å². The lowest BCUT2D eigenvalue weighted by Gasteiger charge is -2.34. The molecule has 0 saturated carbocycles. The summed E-state index contributed by atoms with van der Waals surface area (Å²) < 4.78 is 7.49. The lowest BCUT2D eigenvalue weighted by atomic mass is 10.1. The minimum Gasteiger partial charge on any atom is -0.395 e. The van der Waals surface area contributed by atoms with Crippen molar-refractivity contribution in [1.29, 1.82) is 0 Å². The number of hydrogen-bond acceptors (Lipinski definition) is 7. The SMILES string of the molecule is CCCOCCn1c(=O)c(N2CCN(CCO)CC2)nc2cnc(-c3ccc(C)cc3)cc21. The third-order valence-corrected chi connectivity index (χ3v) is 6.06.